The third-order valence-electron chi connectivity index (χ3n) is 6.76. The van der Waals surface area contributed by atoms with Crippen LogP contribution in [-0.4, -0.2) is 60.2 Å². The van der Waals surface area contributed by atoms with Crippen LogP contribution < -0.4 is 10.6 Å². The van der Waals surface area contributed by atoms with Crippen molar-refractivity contribution < 1.29 is 14.4 Å². The minimum atomic E-state index is -0.200. The minimum Gasteiger partial charge on any atom is -0.376 e. The van der Waals surface area contributed by atoms with Crippen LogP contribution in [0.4, 0.5) is 11.4 Å². The highest BCUT2D eigenvalue weighted by atomic mass is 16.2. The van der Waals surface area contributed by atoms with Crippen molar-refractivity contribution in [2.24, 2.45) is 0 Å². The summed E-state index contributed by atoms with van der Waals surface area (Å²) in [6.07, 6.45) is 8.93. The number of amides is 3. The summed E-state index contributed by atoms with van der Waals surface area (Å²) in [4.78, 5) is 42.0. The number of benzene rings is 2. The molecular formula is C28H36N4O3. The first-order valence-electron chi connectivity index (χ1n) is 12.9. The first kappa shape index (κ1) is 24.8. The summed E-state index contributed by atoms with van der Waals surface area (Å²) >= 11 is 0. The largest absolute Gasteiger partial charge is 0.376 e. The number of rotatable bonds is 6. The fraction of sp³-hybridized carbons (Fsp3) is 0.464. The van der Waals surface area contributed by atoms with Gasteiger partial charge in [0.2, 0.25) is 5.91 Å². The van der Waals surface area contributed by atoms with Gasteiger partial charge >= 0.3 is 0 Å². The summed E-state index contributed by atoms with van der Waals surface area (Å²) in [7, 11) is 0. The van der Waals surface area contributed by atoms with Crippen molar-refractivity contribution >= 4 is 29.1 Å². The van der Waals surface area contributed by atoms with Crippen LogP contribution in [0.3, 0.4) is 0 Å². The molecule has 0 aromatic heterocycles. The molecule has 0 unspecified atom stereocenters. The third-order valence-corrected chi connectivity index (χ3v) is 6.76. The van der Waals surface area contributed by atoms with Gasteiger partial charge in [0.15, 0.2) is 0 Å². The normalized spacial score (nSPS) is 16.7. The van der Waals surface area contributed by atoms with E-state index >= 15 is 0 Å². The van der Waals surface area contributed by atoms with Crippen molar-refractivity contribution in [1.82, 2.24) is 9.80 Å². The number of hydrogen-bond acceptors (Lipinski definition) is 4. The zero-order valence-electron chi connectivity index (χ0n) is 20.4. The van der Waals surface area contributed by atoms with Gasteiger partial charge in [0.25, 0.3) is 11.8 Å². The van der Waals surface area contributed by atoms with Crippen molar-refractivity contribution in [2.75, 3.05) is 43.4 Å². The maximum Gasteiger partial charge on any atom is 0.253 e. The summed E-state index contributed by atoms with van der Waals surface area (Å²) < 4.78 is 0. The van der Waals surface area contributed by atoms with Crippen LogP contribution in [0.1, 0.15) is 72.1 Å². The maximum atomic E-state index is 12.9. The zero-order chi connectivity index (χ0) is 24.5. The summed E-state index contributed by atoms with van der Waals surface area (Å²) in [5.41, 5.74) is 2.66. The third kappa shape index (κ3) is 7.07. The fourth-order valence-electron chi connectivity index (χ4n) is 4.76. The van der Waals surface area contributed by atoms with Crippen LogP contribution in [-0.2, 0) is 4.79 Å². The van der Waals surface area contributed by atoms with Crippen molar-refractivity contribution in [3.05, 3.63) is 59.7 Å². The lowest BCUT2D eigenvalue weighted by Crippen LogP contribution is -2.32. The molecule has 2 aliphatic rings. The molecule has 7 heteroatoms. The molecule has 35 heavy (non-hydrogen) atoms. The number of carbonyl (C=O) groups is 3. The average molecular weight is 477 g/mol. The molecule has 0 radical (unpaired) electrons. The second-order valence-electron chi connectivity index (χ2n) is 9.47. The highest BCUT2D eigenvalue weighted by molar-refractivity contribution is 5.98. The molecule has 0 spiro atoms. The van der Waals surface area contributed by atoms with E-state index in [-0.39, 0.29) is 24.3 Å². The van der Waals surface area contributed by atoms with Crippen molar-refractivity contribution in [1.29, 1.82) is 0 Å². The molecule has 0 saturated carbocycles. The number of nitrogens with zero attached hydrogens (tertiary/aromatic N) is 2. The van der Waals surface area contributed by atoms with E-state index in [4.69, 9.17) is 0 Å². The molecule has 2 N–H and O–H groups in total. The van der Waals surface area contributed by atoms with Crippen LogP contribution >= 0.6 is 0 Å². The second kappa shape index (κ2) is 12.4. The Kier molecular flexibility index (Phi) is 8.76. The number of hydrogen-bond donors (Lipinski definition) is 2. The van der Waals surface area contributed by atoms with E-state index in [1.54, 1.807) is 24.3 Å². The quantitative estimate of drug-likeness (QED) is 0.629. The molecule has 2 aromatic carbocycles. The Morgan fingerprint density at radius 2 is 1.17 bits per heavy atom. The lowest BCUT2D eigenvalue weighted by molar-refractivity contribution is -0.114. The van der Waals surface area contributed by atoms with E-state index in [0.29, 0.717) is 16.8 Å². The molecule has 3 amide bonds. The van der Waals surface area contributed by atoms with Crippen LogP contribution in [0.25, 0.3) is 0 Å². The standard InChI is InChI=1S/C28H36N4O3/c33-26(30-25-11-9-10-23(20-25)28(35)32-18-7-3-4-8-19-32)21-29-24-14-12-22(13-15-24)27(34)31-16-5-1-2-6-17-31/h9-15,20,29H,1-8,16-19,21H2,(H,30,33). The van der Waals surface area contributed by atoms with E-state index in [0.717, 1.165) is 57.5 Å². The first-order chi connectivity index (χ1) is 17.1. The van der Waals surface area contributed by atoms with Crippen molar-refractivity contribution in [3.8, 4) is 0 Å². The molecule has 7 nitrogen and oxygen atoms in total. The molecule has 2 aliphatic heterocycles. The van der Waals surface area contributed by atoms with Gasteiger partial charge in [-0.2, -0.15) is 0 Å². The second-order valence-corrected chi connectivity index (χ2v) is 9.47. The van der Waals surface area contributed by atoms with Crippen LogP contribution in [0.5, 0.6) is 0 Å². The first-order valence-corrected chi connectivity index (χ1v) is 12.9. The molecular weight excluding hydrogens is 440 g/mol. The lowest BCUT2D eigenvalue weighted by atomic mass is 10.1. The number of anilines is 2. The predicted octanol–water partition coefficient (Wildman–Crippen LogP) is 4.77. The van der Waals surface area contributed by atoms with E-state index in [2.05, 4.69) is 10.6 Å². The molecule has 186 valence electrons. The zero-order valence-corrected chi connectivity index (χ0v) is 20.4. The van der Waals surface area contributed by atoms with Crippen molar-refractivity contribution in [3.63, 3.8) is 0 Å². The van der Waals surface area contributed by atoms with Gasteiger partial charge in [-0.1, -0.05) is 31.7 Å². The van der Waals surface area contributed by atoms with Gasteiger partial charge in [-0.05, 0) is 68.1 Å². The Morgan fingerprint density at radius 3 is 1.74 bits per heavy atom. The highest BCUT2D eigenvalue weighted by Gasteiger charge is 2.18. The minimum absolute atomic E-state index is 0.0240. The van der Waals surface area contributed by atoms with Gasteiger partial charge in [-0.25, -0.2) is 0 Å². The molecule has 2 aromatic rings. The topological polar surface area (TPSA) is 81.8 Å². The Bertz CT molecular complexity index is 1010. The molecule has 2 saturated heterocycles. The van der Waals surface area contributed by atoms with Crippen LogP contribution in [0, 0.1) is 0 Å². The Labute approximate surface area is 207 Å². The lowest BCUT2D eigenvalue weighted by Gasteiger charge is -2.20. The van der Waals surface area contributed by atoms with Crippen LogP contribution in [0.2, 0.25) is 0 Å². The molecule has 0 bridgehead atoms. The summed E-state index contributed by atoms with van der Waals surface area (Å²) in [5, 5.41) is 5.97. The van der Waals surface area contributed by atoms with Crippen LogP contribution in [0.15, 0.2) is 48.5 Å². The summed E-state index contributed by atoms with van der Waals surface area (Å²) in [5.74, 6) is -0.101. The molecule has 2 heterocycles. The molecule has 0 aliphatic carbocycles. The summed E-state index contributed by atoms with van der Waals surface area (Å²) in [6, 6.07) is 14.4. The van der Waals surface area contributed by atoms with E-state index in [9.17, 15) is 14.4 Å². The Morgan fingerprint density at radius 1 is 0.629 bits per heavy atom. The van der Waals surface area contributed by atoms with Gasteiger partial charge in [-0.3, -0.25) is 14.4 Å². The number of likely N-dealkylation sites (tertiary alicyclic amines) is 2. The molecule has 0 atom stereocenters. The van der Waals surface area contributed by atoms with Gasteiger partial charge in [0.05, 0.1) is 6.54 Å². The maximum absolute atomic E-state index is 12.9. The van der Waals surface area contributed by atoms with Gasteiger partial charge in [-0.15, -0.1) is 0 Å². The molecule has 2 fully saturated rings. The number of carbonyl (C=O) groups excluding carboxylic acids is 3. The van der Waals surface area contributed by atoms with Crippen molar-refractivity contribution in [2.45, 2.75) is 51.4 Å². The average Bonchev–Trinajstić information content (AvgIpc) is 3.33. The Balaban J connectivity index is 1.28. The van der Waals surface area contributed by atoms with E-state index in [1.807, 2.05) is 34.1 Å². The van der Waals surface area contributed by atoms with Gasteiger partial charge < -0.3 is 20.4 Å². The number of nitrogens with one attached hydrogen (secondary N) is 2. The van der Waals surface area contributed by atoms with Gasteiger partial charge in [0.1, 0.15) is 0 Å². The SMILES string of the molecule is O=C(CNc1ccc(C(=O)N2CCCCCC2)cc1)Nc1cccc(C(=O)N2CCCCCC2)c1. The predicted molar refractivity (Wildman–Crippen MR) is 139 cm³/mol. The van der Waals surface area contributed by atoms with Gasteiger partial charge in [0, 0.05) is 48.7 Å². The van der Waals surface area contributed by atoms with E-state index < -0.39 is 0 Å². The van der Waals surface area contributed by atoms with E-state index in [1.165, 1.54) is 25.7 Å². The Hall–Kier alpha value is -3.35. The monoisotopic (exact) mass is 476 g/mol. The highest BCUT2D eigenvalue weighted by Crippen LogP contribution is 2.18. The fourth-order valence-corrected chi connectivity index (χ4v) is 4.76. The molecule has 4 rings (SSSR count). The summed E-state index contributed by atoms with van der Waals surface area (Å²) in [6.45, 7) is 3.32. The smallest absolute Gasteiger partial charge is 0.253 e.